The predicted molar refractivity (Wildman–Crippen MR) is 184 cm³/mol. The molecule has 52 heavy (non-hydrogen) atoms. The maximum Gasteiger partial charge on any atom is 0.416 e. The van der Waals surface area contributed by atoms with Gasteiger partial charge < -0.3 is 15.5 Å². The molecule has 13 nitrogen and oxygen atoms in total. The number of anilines is 2. The average molecular weight is 722 g/mol. The summed E-state index contributed by atoms with van der Waals surface area (Å²) in [5.74, 6) is 3.42. The molecular formula is C36H38F3N7O6. The molecule has 6 amide bonds. The van der Waals surface area contributed by atoms with Crippen LogP contribution in [0.25, 0.3) is 0 Å². The van der Waals surface area contributed by atoms with Crippen molar-refractivity contribution in [2.24, 2.45) is 5.92 Å². The second kappa shape index (κ2) is 15.9. The Bertz CT molecular complexity index is 1940. The number of carbonyl (C=O) groups is 6. The number of hydrogen-bond donors (Lipinski definition) is 3. The Morgan fingerprint density at radius 2 is 1.79 bits per heavy atom. The van der Waals surface area contributed by atoms with Crippen LogP contribution in [-0.4, -0.2) is 77.3 Å². The summed E-state index contributed by atoms with van der Waals surface area (Å²) < 4.78 is 41.1. The van der Waals surface area contributed by atoms with Crippen LogP contribution in [0.1, 0.15) is 71.0 Å². The standard InChI is InChI=1S/C36H38F3N7O6/c1-6-7-30(32(50)41-20-47)45(21-48)33(51)27-12-11-26(14-22(27)2)44-17-24(18-44)9-8-23-16-42-46(19-23)35(3,4)34(52)43-29-13-10-25(36(37,38)39)15-28(29)31(49)40-5/h10-16,19-21,24,30H,6-7,17-18H2,1-5H3,(H,40,49)(H,43,52)(H,41,47,50). The first kappa shape index (κ1) is 38.8. The largest absolute Gasteiger partial charge is 0.416 e. The van der Waals surface area contributed by atoms with E-state index >= 15 is 0 Å². The molecule has 16 heteroatoms. The van der Waals surface area contributed by atoms with Crippen molar-refractivity contribution in [1.29, 1.82) is 0 Å². The quantitative estimate of drug-likeness (QED) is 0.189. The molecule has 1 aliphatic heterocycles. The normalized spacial score (nSPS) is 13.5. The Balaban J connectivity index is 1.40. The van der Waals surface area contributed by atoms with E-state index in [0.29, 0.717) is 43.1 Å². The highest BCUT2D eigenvalue weighted by atomic mass is 19.4. The number of aromatic nitrogens is 2. The first-order chi connectivity index (χ1) is 24.5. The van der Waals surface area contributed by atoms with Crippen molar-refractivity contribution in [1.82, 2.24) is 25.3 Å². The van der Waals surface area contributed by atoms with Crippen LogP contribution < -0.4 is 20.9 Å². The Morgan fingerprint density at radius 1 is 1.08 bits per heavy atom. The smallest absolute Gasteiger partial charge is 0.369 e. The summed E-state index contributed by atoms with van der Waals surface area (Å²) in [6.45, 7) is 7.82. The fourth-order valence-electron chi connectivity index (χ4n) is 5.50. The van der Waals surface area contributed by atoms with Gasteiger partial charge in [-0.2, -0.15) is 18.3 Å². The van der Waals surface area contributed by atoms with Crippen molar-refractivity contribution in [2.75, 3.05) is 30.4 Å². The van der Waals surface area contributed by atoms with Gasteiger partial charge in [0.05, 0.1) is 34.5 Å². The molecule has 3 N–H and O–H groups in total. The lowest BCUT2D eigenvalue weighted by atomic mass is 9.97. The Morgan fingerprint density at radius 3 is 2.38 bits per heavy atom. The van der Waals surface area contributed by atoms with Gasteiger partial charge in [-0.05, 0) is 69.2 Å². The van der Waals surface area contributed by atoms with Gasteiger partial charge in [0, 0.05) is 37.6 Å². The van der Waals surface area contributed by atoms with Crippen molar-refractivity contribution in [3.8, 4) is 11.8 Å². The zero-order chi connectivity index (χ0) is 38.4. The maximum atomic E-state index is 13.3. The van der Waals surface area contributed by atoms with E-state index in [9.17, 15) is 41.9 Å². The van der Waals surface area contributed by atoms with Crippen molar-refractivity contribution in [3.63, 3.8) is 0 Å². The number of amides is 6. The van der Waals surface area contributed by atoms with E-state index in [1.165, 1.54) is 17.9 Å². The Kier molecular flexibility index (Phi) is 11.9. The second-order valence-electron chi connectivity index (χ2n) is 12.6. The second-order valence-corrected chi connectivity index (χ2v) is 12.6. The zero-order valence-electron chi connectivity index (χ0n) is 29.1. The van der Waals surface area contributed by atoms with Crippen molar-refractivity contribution in [3.05, 3.63) is 76.6 Å². The van der Waals surface area contributed by atoms with Crippen LogP contribution in [0, 0.1) is 24.7 Å². The summed E-state index contributed by atoms with van der Waals surface area (Å²) in [6.07, 6.45) is -0.414. The van der Waals surface area contributed by atoms with E-state index in [1.54, 1.807) is 52.1 Å². The van der Waals surface area contributed by atoms with E-state index in [4.69, 9.17) is 0 Å². The summed E-state index contributed by atoms with van der Waals surface area (Å²) in [5, 5.41) is 11.1. The van der Waals surface area contributed by atoms with E-state index in [-0.39, 0.29) is 35.6 Å². The molecule has 0 aliphatic carbocycles. The third kappa shape index (κ3) is 8.48. The minimum atomic E-state index is -4.68. The summed E-state index contributed by atoms with van der Waals surface area (Å²) in [6, 6.07) is 6.50. The molecule has 1 atom stereocenters. The number of carbonyl (C=O) groups excluding carboxylic acids is 6. The van der Waals surface area contributed by atoms with Crippen LogP contribution in [-0.2, 0) is 30.9 Å². The Hall–Kier alpha value is -5.98. The molecule has 274 valence electrons. The van der Waals surface area contributed by atoms with Gasteiger partial charge >= 0.3 is 6.18 Å². The number of alkyl halides is 3. The molecule has 0 radical (unpaired) electrons. The third-order valence-electron chi connectivity index (χ3n) is 8.64. The summed E-state index contributed by atoms with van der Waals surface area (Å²) in [5.41, 5.74) is -0.577. The lowest BCUT2D eigenvalue weighted by Crippen LogP contribution is -2.49. The van der Waals surface area contributed by atoms with E-state index < -0.39 is 46.9 Å². The van der Waals surface area contributed by atoms with Gasteiger partial charge in [-0.25, -0.2) is 0 Å². The lowest BCUT2D eigenvalue weighted by Gasteiger charge is -2.38. The highest BCUT2D eigenvalue weighted by Gasteiger charge is 2.35. The number of aryl methyl sites for hydroxylation is 1. The molecule has 2 heterocycles. The van der Waals surface area contributed by atoms with E-state index in [2.05, 4.69) is 32.5 Å². The van der Waals surface area contributed by atoms with Crippen LogP contribution >= 0.6 is 0 Å². The molecule has 1 saturated heterocycles. The lowest BCUT2D eigenvalue weighted by molar-refractivity contribution is -0.137. The zero-order valence-corrected chi connectivity index (χ0v) is 29.1. The molecule has 0 bridgehead atoms. The average Bonchev–Trinajstić information content (AvgIpc) is 3.57. The molecule has 3 aromatic rings. The molecule has 4 rings (SSSR count). The third-order valence-corrected chi connectivity index (χ3v) is 8.64. The van der Waals surface area contributed by atoms with Gasteiger partial charge in [0.15, 0.2) is 0 Å². The van der Waals surface area contributed by atoms with Gasteiger partial charge in [0.25, 0.3) is 17.7 Å². The topological polar surface area (TPSA) is 163 Å². The van der Waals surface area contributed by atoms with Gasteiger partial charge in [-0.1, -0.05) is 25.2 Å². The molecule has 1 fully saturated rings. The van der Waals surface area contributed by atoms with Crippen molar-refractivity contribution < 1.29 is 41.9 Å². The molecule has 1 aliphatic rings. The van der Waals surface area contributed by atoms with Crippen LogP contribution in [0.15, 0.2) is 48.8 Å². The molecule has 1 aromatic heterocycles. The molecule has 0 saturated carbocycles. The van der Waals surface area contributed by atoms with Gasteiger partial charge in [-0.3, -0.25) is 43.7 Å². The van der Waals surface area contributed by atoms with Crippen molar-refractivity contribution >= 4 is 47.8 Å². The minimum absolute atomic E-state index is 0.000708. The summed E-state index contributed by atoms with van der Waals surface area (Å²) >= 11 is 0. The van der Waals surface area contributed by atoms with Gasteiger partial charge in [-0.15, -0.1) is 0 Å². The first-order valence-electron chi connectivity index (χ1n) is 16.2. The fraction of sp³-hybridized carbons (Fsp3) is 0.361. The highest BCUT2D eigenvalue weighted by molar-refractivity contribution is 6.06. The molecule has 2 aromatic carbocycles. The molecule has 1 unspecified atom stereocenters. The molecule has 0 spiro atoms. The van der Waals surface area contributed by atoms with Gasteiger partial charge in [0.2, 0.25) is 18.7 Å². The summed E-state index contributed by atoms with van der Waals surface area (Å²) in [7, 11) is 1.27. The minimum Gasteiger partial charge on any atom is -0.369 e. The number of nitrogens with one attached hydrogen (secondary N) is 3. The predicted octanol–water partition coefficient (Wildman–Crippen LogP) is 3.47. The number of nitrogens with zero attached hydrogens (tertiary/aromatic N) is 4. The van der Waals surface area contributed by atoms with Crippen LogP contribution in [0.3, 0.4) is 0 Å². The number of rotatable bonds is 12. The fourth-order valence-corrected chi connectivity index (χ4v) is 5.50. The number of halogens is 3. The SMILES string of the molecule is CCCC(C(=O)NC=O)N(C=O)C(=O)c1ccc(N2CC(C#Cc3cnn(C(C)(C)C(=O)Nc4ccc(C(F)(F)F)cc4C(=O)NC)c3)C2)cc1C. The van der Waals surface area contributed by atoms with Crippen LogP contribution in [0.5, 0.6) is 0 Å². The maximum absolute atomic E-state index is 13.3. The highest BCUT2D eigenvalue weighted by Crippen LogP contribution is 2.33. The van der Waals surface area contributed by atoms with Crippen molar-refractivity contribution in [2.45, 2.75) is 58.3 Å². The van der Waals surface area contributed by atoms with Gasteiger partial charge in [0.1, 0.15) is 11.6 Å². The monoisotopic (exact) mass is 721 g/mol. The Labute approximate surface area is 297 Å². The number of benzene rings is 2. The number of hydrogen-bond acceptors (Lipinski definition) is 8. The summed E-state index contributed by atoms with van der Waals surface area (Å²) in [4.78, 5) is 76.7. The van der Waals surface area contributed by atoms with Crippen LogP contribution in [0.2, 0.25) is 0 Å². The first-order valence-corrected chi connectivity index (χ1v) is 16.2. The van der Waals surface area contributed by atoms with Crippen LogP contribution in [0.4, 0.5) is 24.5 Å². The van der Waals surface area contributed by atoms with E-state index in [1.807, 2.05) is 5.32 Å². The molecular weight excluding hydrogens is 683 g/mol. The number of imide groups is 2. The van der Waals surface area contributed by atoms with E-state index in [0.717, 1.165) is 22.7 Å².